The van der Waals surface area contributed by atoms with Gasteiger partial charge in [-0.1, -0.05) is 17.7 Å². The first-order valence-electron chi connectivity index (χ1n) is 11.0. The summed E-state index contributed by atoms with van der Waals surface area (Å²) in [6.07, 6.45) is 5.27. The van der Waals surface area contributed by atoms with Crippen LogP contribution < -0.4 is 10.9 Å². The van der Waals surface area contributed by atoms with E-state index in [9.17, 15) is 4.79 Å². The molecule has 0 spiro atoms. The summed E-state index contributed by atoms with van der Waals surface area (Å²) in [4.78, 5) is 27.1. The largest absolute Gasteiger partial charge is 0.380 e. The molecule has 0 radical (unpaired) electrons. The average Bonchev–Trinajstić information content (AvgIpc) is 3.34. The van der Waals surface area contributed by atoms with E-state index in [1.807, 2.05) is 38.2 Å². The summed E-state index contributed by atoms with van der Waals surface area (Å²) in [5, 5.41) is 8.99. The molecule has 33 heavy (non-hydrogen) atoms. The number of H-pyrrole nitrogens is 1. The van der Waals surface area contributed by atoms with E-state index < -0.39 is 0 Å². The second kappa shape index (κ2) is 8.61. The molecule has 8 nitrogen and oxygen atoms in total. The molecule has 4 aromatic rings. The van der Waals surface area contributed by atoms with Crippen LogP contribution >= 0.6 is 11.6 Å². The molecule has 9 heteroatoms. The Morgan fingerprint density at radius 1 is 1.27 bits per heavy atom. The van der Waals surface area contributed by atoms with Crippen LogP contribution in [0.5, 0.6) is 0 Å². The standard InChI is InChI=1S/C24H26ClN7O/c1-14-12-32(30-15(14)2)23-5-4-16(11-26-23)8-22-28-20-10-21(27-17-6-7-31(3)13-17)19(25)9-18(20)24(33)29-22/h4-5,9-12,17,27H,6-8,13H2,1-3H3,(H,28,29,33)/t17-/m1/s1. The van der Waals surface area contributed by atoms with E-state index in [4.69, 9.17) is 16.6 Å². The number of aromatic nitrogens is 5. The minimum atomic E-state index is -0.198. The zero-order valence-electron chi connectivity index (χ0n) is 18.9. The van der Waals surface area contributed by atoms with Crippen LogP contribution in [0.25, 0.3) is 16.7 Å². The molecule has 1 atom stereocenters. The first-order valence-corrected chi connectivity index (χ1v) is 11.4. The molecular weight excluding hydrogens is 438 g/mol. The number of likely N-dealkylation sites (N-methyl/N-ethyl adjacent to an activating group) is 1. The number of aryl methyl sites for hydroxylation is 2. The predicted octanol–water partition coefficient (Wildman–Crippen LogP) is 3.48. The van der Waals surface area contributed by atoms with E-state index in [1.54, 1.807) is 16.9 Å². The van der Waals surface area contributed by atoms with Gasteiger partial charge in [0.2, 0.25) is 0 Å². The summed E-state index contributed by atoms with van der Waals surface area (Å²) < 4.78 is 1.77. The topological polar surface area (TPSA) is 91.7 Å². The zero-order chi connectivity index (χ0) is 23.1. The third-order valence-electron chi connectivity index (χ3n) is 6.15. The number of rotatable bonds is 5. The molecule has 5 rings (SSSR count). The number of likely N-dealkylation sites (tertiary alicyclic amines) is 1. The number of anilines is 1. The molecule has 0 bridgehead atoms. The maximum absolute atomic E-state index is 12.7. The first-order chi connectivity index (χ1) is 15.9. The van der Waals surface area contributed by atoms with Crippen molar-refractivity contribution in [1.29, 1.82) is 0 Å². The zero-order valence-corrected chi connectivity index (χ0v) is 19.6. The Bertz CT molecular complexity index is 1360. The maximum Gasteiger partial charge on any atom is 0.258 e. The fourth-order valence-electron chi connectivity index (χ4n) is 4.19. The van der Waals surface area contributed by atoms with Crippen LogP contribution in [0.15, 0.2) is 41.5 Å². The van der Waals surface area contributed by atoms with E-state index in [1.165, 1.54) is 0 Å². The molecule has 1 aliphatic heterocycles. The highest BCUT2D eigenvalue weighted by Gasteiger charge is 2.20. The number of nitrogens with one attached hydrogen (secondary N) is 2. The fraction of sp³-hybridized carbons (Fsp3) is 0.333. The molecule has 2 N–H and O–H groups in total. The van der Waals surface area contributed by atoms with Crippen molar-refractivity contribution in [3.63, 3.8) is 0 Å². The average molecular weight is 464 g/mol. The molecule has 1 fully saturated rings. The molecule has 0 amide bonds. The summed E-state index contributed by atoms with van der Waals surface area (Å²) in [5.74, 6) is 1.33. The van der Waals surface area contributed by atoms with Crippen molar-refractivity contribution in [3.05, 3.63) is 74.7 Å². The molecule has 1 saturated heterocycles. The van der Waals surface area contributed by atoms with Gasteiger partial charge in [0.15, 0.2) is 5.82 Å². The van der Waals surface area contributed by atoms with Crippen molar-refractivity contribution in [2.75, 3.05) is 25.5 Å². The Morgan fingerprint density at radius 2 is 2.12 bits per heavy atom. The molecule has 0 unspecified atom stereocenters. The van der Waals surface area contributed by atoms with Gasteiger partial charge < -0.3 is 15.2 Å². The van der Waals surface area contributed by atoms with Crippen molar-refractivity contribution >= 4 is 28.2 Å². The monoisotopic (exact) mass is 463 g/mol. The van der Waals surface area contributed by atoms with Gasteiger partial charge in [0.25, 0.3) is 5.56 Å². The van der Waals surface area contributed by atoms with Gasteiger partial charge >= 0.3 is 0 Å². The Balaban J connectivity index is 1.40. The van der Waals surface area contributed by atoms with Crippen LogP contribution in [0.3, 0.4) is 0 Å². The lowest BCUT2D eigenvalue weighted by Crippen LogP contribution is -2.23. The van der Waals surface area contributed by atoms with Gasteiger partial charge in [-0.05, 0) is 63.2 Å². The summed E-state index contributed by atoms with van der Waals surface area (Å²) >= 11 is 6.46. The first kappa shape index (κ1) is 21.6. The number of hydrogen-bond acceptors (Lipinski definition) is 6. The molecular formula is C24H26ClN7O. The second-order valence-corrected chi connectivity index (χ2v) is 9.20. The Kier molecular flexibility index (Phi) is 5.64. The number of hydrogen-bond donors (Lipinski definition) is 2. The second-order valence-electron chi connectivity index (χ2n) is 8.80. The van der Waals surface area contributed by atoms with E-state index in [2.05, 4.69) is 32.3 Å². The van der Waals surface area contributed by atoms with E-state index in [0.717, 1.165) is 47.8 Å². The Morgan fingerprint density at radius 3 is 2.79 bits per heavy atom. The fourth-order valence-corrected chi connectivity index (χ4v) is 4.41. The van der Waals surface area contributed by atoms with Gasteiger partial charge in [-0.2, -0.15) is 5.10 Å². The van der Waals surface area contributed by atoms with Crippen LogP contribution in [-0.2, 0) is 6.42 Å². The number of halogens is 1. The quantitative estimate of drug-likeness (QED) is 0.471. The minimum absolute atomic E-state index is 0.198. The summed E-state index contributed by atoms with van der Waals surface area (Å²) in [6, 6.07) is 7.79. The molecule has 0 saturated carbocycles. The van der Waals surface area contributed by atoms with Crippen molar-refractivity contribution in [2.45, 2.75) is 32.7 Å². The third kappa shape index (κ3) is 4.49. The van der Waals surface area contributed by atoms with Crippen molar-refractivity contribution in [3.8, 4) is 5.82 Å². The molecule has 3 aromatic heterocycles. The van der Waals surface area contributed by atoms with Crippen LogP contribution in [0.4, 0.5) is 5.69 Å². The van der Waals surface area contributed by atoms with E-state index in [-0.39, 0.29) is 5.56 Å². The molecule has 170 valence electrons. The van der Waals surface area contributed by atoms with Gasteiger partial charge in [0.05, 0.1) is 27.3 Å². The minimum Gasteiger partial charge on any atom is -0.380 e. The third-order valence-corrected chi connectivity index (χ3v) is 6.47. The van der Waals surface area contributed by atoms with Gasteiger partial charge in [-0.3, -0.25) is 4.79 Å². The van der Waals surface area contributed by atoms with E-state index in [0.29, 0.717) is 34.2 Å². The molecule has 1 aliphatic rings. The van der Waals surface area contributed by atoms with Crippen LogP contribution in [0.2, 0.25) is 5.02 Å². The molecule has 4 heterocycles. The van der Waals surface area contributed by atoms with Crippen molar-refractivity contribution < 1.29 is 0 Å². The lowest BCUT2D eigenvalue weighted by molar-refractivity contribution is 0.414. The number of benzene rings is 1. The summed E-state index contributed by atoms with van der Waals surface area (Å²) in [5.41, 5.74) is 4.28. The van der Waals surface area contributed by atoms with Crippen LogP contribution in [0, 0.1) is 13.8 Å². The highest BCUT2D eigenvalue weighted by molar-refractivity contribution is 6.34. The van der Waals surface area contributed by atoms with Gasteiger partial charge in [0, 0.05) is 31.4 Å². The lowest BCUT2D eigenvalue weighted by atomic mass is 10.1. The highest BCUT2D eigenvalue weighted by Crippen LogP contribution is 2.28. The van der Waals surface area contributed by atoms with E-state index >= 15 is 0 Å². The smallest absolute Gasteiger partial charge is 0.258 e. The number of fused-ring (bicyclic) bond motifs is 1. The van der Waals surface area contributed by atoms with Gasteiger partial charge in [-0.15, -0.1) is 0 Å². The highest BCUT2D eigenvalue weighted by atomic mass is 35.5. The number of pyridine rings is 1. The predicted molar refractivity (Wildman–Crippen MR) is 131 cm³/mol. The Hall–Kier alpha value is -3.23. The van der Waals surface area contributed by atoms with Gasteiger partial charge in [-0.25, -0.2) is 14.6 Å². The normalized spacial score (nSPS) is 16.5. The Labute approximate surface area is 196 Å². The summed E-state index contributed by atoms with van der Waals surface area (Å²) in [6.45, 7) is 6.01. The molecule has 0 aliphatic carbocycles. The van der Waals surface area contributed by atoms with Gasteiger partial charge in [0.1, 0.15) is 5.82 Å². The SMILES string of the molecule is Cc1cn(-c2ccc(Cc3nc4cc(N[C@@H]5CCN(C)C5)c(Cl)cc4c(=O)[nH]3)cn2)nc1C. The molecule has 1 aromatic carbocycles. The van der Waals surface area contributed by atoms with Crippen LogP contribution in [0.1, 0.15) is 29.1 Å². The summed E-state index contributed by atoms with van der Waals surface area (Å²) in [7, 11) is 2.11. The maximum atomic E-state index is 12.7. The van der Waals surface area contributed by atoms with Crippen molar-refractivity contribution in [2.24, 2.45) is 0 Å². The number of nitrogens with zero attached hydrogens (tertiary/aromatic N) is 5. The number of aromatic amines is 1. The van der Waals surface area contributed by atoms with Crippen molar-refractivity contribution in [1.82, 2.24) is 29.6 Å². The lowest BCUT2D eigenvalue weighted by Gasteiger charge is -2.16. The van der Waals surface area contributed by atoms with Crippen LogP contribution in [-0.4, -0.2) is 55.8 Å².